The third-order valence-corrected chi connectivity index (χ3v) is 3.19. The number of amides is 1. The van der Waals surface area contributed by atoms with E-state index in [2.05, 4.69) is 17.2 Å². The van der Waals surface area contributed by atoms with Crippen LogP contribution in [0.25, 0.3) is 0 Å². The van der Waals surface area contributed by atoms with Crippen LogP contribution in [0.15, 0.2) is 18.5 Å². The Bertz CT molecular complexity index is 357. The van der Waals surface area contributed by atoms with E-state index in [0.29, 0.717) is 11.3 Å². The lowest BCUT2D eigenvalue weighted by atomic mass is 10.2. The van der Waals surface area contributed by atoms with Crippen molar-refractivity contribution in [2.24, 2.45) is 0 Å². The Labute approximate surface area is 100 Å². The molecule has 1 aromatic rings. The number of nitrogens with one attached hydrogen (secondary N) is 1. The third kappa shape index (κ3) is 3.73. The number of carbonyl (C=O) groups is 1. The van der Waals surface area contributed by atoms with Gasteiger partial charge < -0.3 is 11.1 Å². The van der Waals surface area contributed by atoms with Gasteiger partial charge in [0, 0.05) is 29.9 Å². The van der Waals surface area contributed by atoms with Crippen molar-refractivity contribution < 1.29 is 4.79 Å². The van der Waals surface area contributed by atoms with Gasteiger partial charge >= 0.3 is 0 Å². The maximum Gasteiger partial charge on any atom is 0.255 e. The molecule has 16 heavy (non-hydrogen) atoms. The van der Waals surface area contributed by atoms with Crippen LogP contribution >= 0.6 is 11.8 Å². The summed E-state index contributed by atoms with van der Waals surface area (Å²) in [5.74, 6) is 1.80. The SMILES string of the molecule is CCSCC(C)NC(=O)c1cnccc1N. The van der Waals surface area contributed by atoms with Crippen molar-refractivity contribution in [1.82, 2.24) is 10.3 Å². The number of nitrogens with two attached hydrogens (primary N) is 1. The van der Waals surface area contributed by atoms with E-state index in [-0.39, 0.29) is 11.9 Å². The predicted octanol–water partition coefficient (Wildman–Crippen LogP) is 1.54. The van der Waals surface area contributed by atoms with Gasteiger partial charge in [-0.05, 0) is 18.7 Å². The number of carbonyl (C=O) groups excluding carboxylic acids is 1. The quantitative estimate of drug-likeness (QED) is 0.817. The van der Waals surface area contributed by atoms with Crippen LogP contribution in [-0.2, 0) is 0 Å². The lowest BCUT2D eigenvalue weighted by Gasteiger charge is -2.13. The summed E-state index contributed by atoms with van der Waals surface area (Å²) in [6, 6.07) is 1.76. The molecule has 1 amide bonds. The van der Waals surface area contributed by atoms with Gasteiger partial charge in [0.2, 0.25) is 0 Å². The number of thioether (sulfide) groups is 1. The standard InChI is InChI=1S/C11H17N3OS/c1-3-16-7-8(2)14-11(15)9-6-13-5-4-10(9)12/h4-6,8H,3,7H2,1-2H3,(H2,12,13)(H,14,15). The molecule has 0 aromatic carbocycles. The van der Waals surface area contributed by atoms with E-state index in [1.54, 1.807) is 24.0 Å². The molecule has 0 aliphatic heterocycles. The molecule has 0 saturated carbocycles. The van der Waals surface area contributed by atoms with Crippen molar-refractivity contribution in [1.29, 1.82) is 0 Å². The van der Waals surface area contributed by atoms with E-state index in [4.69, 9.17) is 5.73 Å². The highest BCUT2D eigenvalue weighted by Gasteiger charge is 2.12. The van der Waals surface area contributed by atoms with E-state index in [9.17, 15) is 4.79 Å². The monoisotopic (exact) mass is 239 g/mol. The molecule has 88 valence electrons. The molecule has 1 atom stereocenters. The molecule has 3 N–H and O–H groups in total. The first kappa shape index (κ1) is 12.8. The number of nitrogens with zero attached hydrogens (tertiary/aromatic N) is 1. The van der Waals surface area contributed by atoms with Crippen molar-refractivity contribution in [2.45, 2.75) is 19.9 Å². The fraction of sp³-hybridized carbons (Fsp3) is 0.455. The van der Waals surface area contributed by atoms with Crippen LogP contribution < -0.4 is 11.1 Å². The molecule has 0 radical (unpaired) electrons. The Hall–Kier alpha value is -1.23. The molecule has 4 nitrogen and oxygen atoms in total. The van der Waals surface area contributed by atoms with Crippen molar-refractivity contribution >= 4 is 23.4 Å². The van der Waals surface area contributed by atoms with Gasteiger partial charge in [0.1, 0.15) is 0 Å². The number of pyridine rings is 1. The summed E-state index contributed by atoms with van der Waals surface area (Å²) in [5, 5.41) is 2.89. The van der Waals surface area contributed by atoms with Crippen molar-refractivity contribution in [3.63, 3.8) is 0 Å². The molecule has 0 spiro atoms. The van der Waals surface area contributed by atoms with Crippen LogP contribution in [0.2, 0.25) is 0 Å². The predicted molar refractivity (Wildman–Crippen MR) is 68.6 cm³/mol. The van der Waals surface area contributed by atoms with Crippen LogP contribution in [0.5, 0.6) is 0 Å². The summed E-state index contributed by atoms with van der Waals surface area (Å²) in [5.41, 5.74) is 6.59. The van der Waals surface area contributed by atoms with Crippen molar-refractivity contribution in [3.8, 4) is 0 Å². The lowest BCUT2D eigenvalue weighted by Crippen LogP contribution is -2.34. The van der Waals surface area contributed by atoms with Gasteiger partial charge in [-0.1, -0.05) is 6.92 Å². The Morgan fingerprint density at radius 1 is 1.69 bits per heavy atom. The van der Waals surface area contributed by atoms with Crippen LogP contribution in [0.1, 0.15) is 24.2 Å². The number of hydrogen-bond acceptors (Lipinski definition) is 4. The zero-order valence-corrected chi connectivity index (χ0v) is 10.4. The van der Waals surface area contributed by atoms with E-state index >= 15 is 0 Å². The van der Waals surface area contributed by atoms with E-state index in [1.165, 1.54) is 6.20 Å². The molecular formula is C11H17N3OS. The first-order valence-electron chi connectivity index (χ1n) is 5.23. The van der Waals surface area contributed by atoms with E-state index < -0.39 is 0 Å². The summed E-state index contributed by atoms with van der Waals surface area (Å²) in [6.45, 7) is 4.07. The van der Waals surface area contributed by atoms with Crippen molar-refractivity contribution in [3.05, 3.63) is 24.0 Å². The molecule has 0 aliphatic carbocycles. The molecule has 5 heteroatoms. The number of anilines is 1. The number of hydrogen-bond donors (Lipinski definition) is 2. The van der Waals surface area contributed by atoms with Gasteiger partial charge in [-0.25, -0.2) is 0 Å². The first-order chi connectivity index (χ1) is 7.65. The fourth-order valence-electron chi connectivity index (χ4n) is 1.23. The van der Waals surface area contributed by atoms with Crippen LogP contribution in [-0.4, -0.2) is 28.4 Å². The van der Waals surface area contributed by atoms with Gasteiger partial charge in [-0.3, -0.25) is 9.78 Å². The third-order valence-electron chi connectivity index (χ3n) is 2.05. The van der Waals surface area contributed by atoms with E-state index in [0.717, 1.165) is 11.5 Å². The Morgan fingerprint density at radius 3 is 3.06 bits per heavy atom. The maximum atomic E-state index is 11.8. The number of aromatic nitrogens is 1. The van der Waals surface area contributed by atoms with Crippen molar-refractivity contribution in [2.75, 3.05) is 17.2 Å². The Kier molecular flexibility index (Phi) is 5.11. The summed E-state index contributed by atoms with van der Waals surface area (Å²) in [7, 11) is 0. The lowest BCUT2D eigenvalue weighted by molar-refractivity contribution is 0.0944. The average molecular weight is 239 g/mol. The Balaban J connectivity index is 2.56. The topological polar surface area (TPSA) is 68.0 Å². The van der Waals surface area contributed by atoms with Gasteiger partial charge in [0.25, 0.3) is 5.91 Å². The van der Waals surface area contributed by atoms with Gasteiger partial charge in [0.15, 0.2) is 0 Å². The summed E-state index contributed by atoms with van der Waals surface area (Å²) in [6.07, 6.45) is 3.06. The molecule has 1 unspecified atom stereocenters. The average Bonchev–Trinajstić information content (AvgIpc) is 2.26. The number of rotatable bonds is 5. The minimum absolute atomic E-state index is 0.136. The molecule has 0 aliphatic rings. The highest BCUT2D eigenvalue weighted by atomic mass is 32.2. The molecule has 1 rings (SSSR count). The molecule has 0 saturated heterocycles. The second kappa shape index (κ2) is 6.37. The first-order valence-corrected chi connectivity index (χ1v) is 6.38. The van der Waals surface area contributed by atoms with Gasteiger partial charge in [0.05, 0.1) is 5.56 Å². The maximum absolute atomic E-state index is 11.8. The molecular weight excluding hydrogens is 222 g/mol. The second-order valence-electron chi connectivity index (χ2n) is 3.50. The largest absolute Gasteiger partial charge is 0.398 e. The van der Waals surface area contributed by atoms with Gasteiger partial charge in [-0.15, -0.1) is 0 Å². The van der Waals surface area contributed by atoms with Crippen LogP contribution in [0.4, 0.5) is 5.69 Å². The van der Waals surface area contributed by atoms with Crippen LogP contribution in [0, 0.1) is 0 Å². The Morgan fingerprint density at radius 2 is 2.44 bits per heavy atom. The number of nitrogen functional groups attached to an aromatic ring is 1. The fourth-order valence-corrected chi connectivity index (χ4v) is 1.91. The van der Waals surface area contributed by atoms with Crippen LogP contribution in [0.3, 0.4) is 0 Å². The van der Waals surface area contributed by atoms with Gasteiger partial charge in [-0.2, -0.15) is 11.8 Å². The molecule has 0 bridgehead atoms. The normalized spacial score (nSPS) is 12.1. The summed E-state index contributed by atoms with van der Waals surface area (Å²) < 4.78 is 0. The highest BCUT2D eigenvalue weighted by Crippen LogP contribution is 2.09. The summed E-state index contributed by atoms with van der Waals surface area (Å²) in [4.78, 5) is 15.7. The second-order valence-corrected chi connectivity index (χ2v) is 4.82. The minimum Gasteiger partial charge on any atom is -0.398 e. The smallest absolute Gasteiger partial charge is 0.255 e. The van der Waals surface area contributed by atoms with E-state index in [1.807, 2.05) is 6.92 Å². The molecule has 1 aromatic heterocycles. The minimum atomic E-state index is -0.158. The zero-order chi connectivity index (χ0) is 12.0. The summed E-state index contributed by atoms with van der Waals surface area (Å²) >= 11 is 1.80. The highest BCUT2D eigenvalue weighted by molar-refractivity contribution is 7.99. The zero-order valence-electron chi connectivity index (χ0n) is 9.56. The molecule has 1 heterocycles. The molecule has 0 fully saturated rings.